The van der Waals surface area contributed by atoms with Crippen molar-refractivity contribution in [2.24, 2.45) is 0 Å². The van der Waals surface area contributed by atoms with Crippen LogP contribution in [-0.2, 0) is 9.59 Å². The Morgan fingerprint density at radius 2 is 1.84 bits per heavy atom. The zero-order valence-corrected chi connectivity index (χ0v) is 11.8. The molecule has 0 N–H and O–H groups in total. The summed E-state index contributed by atoms with van der Waals surface area (Å²) in [7, 11) is 3.47. The van der Waals surface area contributed by atoms with Gasteiger partial charge in [-0.2, -0.15) is 0 Å². The van der Waals surface area contributed by atoms with Gasteiger partial charge in [-0.05, 0) is 12.5 Å². The van der Waals surface area contributed by atoms with Crippen molar-refractivity contribution in [2.45, 2.75) is 25.7 Å². The normalized spacial score (nSPS) is 12.4. The number of nitrogens with zero attached hydrogens (tertiary/aromatic N) is 1. The van der Waals surface area contributed by atoms with Crippen LogP contribution < -0.4 is 0 Å². The highest BCUT2D eigenvalue weighted by Gasteiger charge is 2.10. The minimum Gasteiger partial charge on any atom is -0.349 e. The molecule has 0 aromatic heterocycles. The van der Waals surface area contributed by atoms with Gasteiger partial charge in [0.25, 0.3) is 0 Å². The number of benzene rings is 1. The molecule has 0 bridgehead atoms. The first-order valence-electron chi connectivity index (χ1n) is 6.42. The lowest BCUT2D eigenvalue weighted by Crippen LogP contribution is -2.20. The Labute approximate surface area is 114 Å². The van der Waals surface area contributed by atoms with Crippen LogP contribution in [-0.4, -0.2) is 30.7 Å². The number of ketones is 1. The summed E-state index contributed by atoms with van der Waals surface area (Å²) in [6.07, 6.45) is 4.64. The van der Waals surface area contributed by atoms with Gasteiger partial charge in [-0.15, -0.1) is 0 Å². The van der Waals surface area contributed by atoms with Gasteiger partial charge in [0.05, 0.1) is 0 Å². The average Bonchev–Trinajstić information content (AvgIpc) is 2.37. The summed E-state index contributed by atoms with van der Waals surface area (Å²) in [5.74, 6) is 0.261. The first kappa shape index (κ1) is 15.2. The molecular weight excluding hydrogens is 238 g/mol. The van der Waals surface area contributed by atoms with E-state index in [9.17, 15) is 9.59 Å². The molecule has 1 amide bonds. The van der Waals surface area contributed by atoms with Crippen LogP contribution in [0.25, 0.3) is 0 Å². The van der Waals surface area contributed by atoms with E-state index in [4.69, 9.17) is 0 Å². The smallest absolute Gasteiger partial charge is 0.225 e. The molecule has 1 atom stereocenters. The highest BCUT2D eigenvalue weighted by molar-refractivity contribution is 5.78. The molecule has 1 rings (SSSR count). The van der Waals surface area contributed by atoms with Crippen LogP contribution in [0.5, 0.6) is 0 Å². The van der Waals surface area contributed by atoms with E-state index < -0.39 is 0 Å². The van der Waals surface area contributed by atoms with E-state index in [0.29, 0.717) is 12.8 Å². The van der Waals surface area contributed by atoms with Gasteiger partial charge in [0.1, 0.15) is 5.78 Å². The number of hydrogen-bond donors (Lipinski definition) is 0. The molecule has 0 spiro atoms. The van der Waals surface area contributed by atoms with E-state index in [1.54, 1.807) is 25.9 Å². The zero-order chi connectivity index (χ0) is 14.3. The van der Waals surface area contributed by atoms with Crippen LogP contribution in [0.15, 0.2) is 42.5 Å². The maximum absolute atomic E-state index is 11.5. The van der Waals surface area contributed by atoms with Crippen LogP contribution in [0, 0.1) is 0 Å². The number of Topliss-reactive ketones (excluding diaryl/α,β-unsaturated/α-hetero) is 1. The molecule has 3 heteroatoms. The second kappa shape index (κ2) is 7.52. The van der Waals surface area contributed by atoms with Crippen molar-refractivity contribution >= 4 is 11.7 Å². The molecule has 0 fully saturated rings. The van der Waals surface area contributed by atoms with Gasteiger partial charge in [0, 0.05) is 32.9 Å². The number of carbonyl (C=O) groups excluding carboxylic acids is 2. The Balaban J connectivity index is 2.73. The van der Waals surface area contributed by atoms with Gasteiger partial charge in [-0.1, -0.05) is 42.5 Å². The molecule has 0 saturated heterocycles. The van der Waals surface area contributed by atoms with Crippen LogP contribution in [0.4, 0.5) is 0 Å². The van der Waals surface area contributed by atoms with Gasteiger partial charge in [-0.3, -0.25) is 9.59 Å². The van der Waals surface area contributed by atoms with Crippen molar-refractivity contribution in [3.8, 4) is 0 Å². The van der Waals surface area contributed by atoms with Crippen LogP contribution in [0.2, 0.25) is 0 Å². The third-order valence-electron chi connectivity index (χ3n) is 2.89. The molecule has 3 nitrogen and oxygen atoms in total. The van der Waals surface area contributed by atoms with Crippen LogP contribution >= 0.6 is 0 Å². The standard InChI is InChI=1S/C16H21NO2/c1-13(18)12-15(14-8-5-4-6-9-14)10-7-11-16(19)17(2)3/h4-10,15H,11-12H2,1-3H3/b10-7+. The molecule has 1 unspecified atom stereocenters. The lowest BCUT2D eigenvalue weighted by molar-refractivity contribution is -0.127. The summed E-state index contributed by atoms with van der Waals surface area (Å²) in [6.45, 7) is 1.59. The Morgan fingerprint density at radius 1 is 1.21 bits per heavy atom. The fraction of sp³-hybridized carbons (Fsp3) is 0.375. The molecule has 19 heavy (non-hydrogen) atoms. The summed E-state index contributed by atoms with van der Waals surface area (Å²) in [4.78, 5) is 24.4. The molecule has 0 aliphatic carbocycles. The monoisotopic (exact) mass is 259 g/mol. The van der Waals surface area contributed by atoms with Gasteiger partial charge in [-0.25, -0.2) is 0 Å². The first-order chi connectivity index (χ1) is 9.00. The Hall–Kier alpha value is -1.90. The predicted octanol–water partition coefficient (Wildman–Crippen LogP) is 2.78. The zero-order valence-electron chi connectivity index (χ0n) is 11.8. The third kappa shape index (κ3) is 5.51. The van der Waals surface area contributed by atoms with Crippen LogP contribution in [0.1, 0.15) is 31.2 Å². The Kier molecular flexibility index (Phi) is 6.00. The van der Waals surface area contributed by atoms with Gasteiger partial charge >= 0.3 is 0 Å². The predicted molar refractivity (Wildman–Crippen MR) is 76.9 cm³/mol. The number of allylic oxidation sites excluding steroid dienone is 1. The molecule has 102 valence electrons. The molecular formula is C16H21NO2. The maximum atomic E-state index is 11.5. The molecule has 0 heterocycles. The molecule has 0 radical (unpaired) electrons. The van der Waals surface area contributed by atoms with E-state index in [1.807, 2.05) is 42.5 Å². The lowest BCUT2D eigenvalue weighted by Gasteiger charge is -2.12. The fourth-order valence-corrected chi connectivity index (χ4v) is 1.82. The highest BCUT2D eigenvalue weighted by Crippen LogP contribution is 2.21. The molecule has 0 saturated carbocycles. The van der Waals surface area contributed by atoms with E-state index >= 15 is 0 Å². The topological polar surface area (TPSA) is 37.4 Å². The molecule has 1 aromatic carbocycles. The van der Waals surface area contributed by atoms with E-state index in [2.05, 4.69) is 0 Å². The van der Waals surface area contributed by atoms with Crippen molar-refractivity contribution in [1.29, 1.82) is 0 Å². The molecule has 1 aromatic rings. The van der Waals surface area contributed by atoms with Crippen molar-refractivity contribution in [3.05, 3.63) is 48.0 Å². The Bertz CT molecular complexity index is 449. The highest BCUT2D eigenvalue weighted by atomic mass is 16.2. The van der Waals surface area contributed by atoms with Crippen molar-refractivity contribution in [2.75, 3.05) is 14.1 Å². The summed E-state index contributed by atoms with van der Waals surface area (Å²) in [6, 6.07) is 9.88. The first-order valence-corrected chi connectivity index (χ1v) is 6.42. The third-order valence-corrected chi connectivity index (χ3v) is 2.89. The largest absolute Gasteiger partial charge is 0.349 e. The number of carbonyl (C=O) groups is 2. The van der Waals surface area contributed by atoms with Gasteiger partial charge in [0.15, 0.2) is 0 Å². The fourth-order valence-electron chi connectivity index (χ4n) is 1.82. The minimum atomic E-state index is 0.0497. The summed E-state index contributed by atoms with van der Waals surface area (Å²) >= 11 is 0. The Morgan fingerprint density at radius 3 is 2.37 bits per heavy atom. The maximum Gasteiger partial charge on any atom is 0.225 e. The van der Waals surface area contributed by atoms with Crippen molar-refractivity contribution in [3.63, 3.8) is 0 Å². The van der Waals surface area contributed by atoms with Gasteiger partial charge in [0.2, 0.25) is 5.91 Å². The van der Waals surface area contributed by atoms with Gasteiger partial charge < -0.3 is 4.90 Å². The minimum absolute atomic E-state index is 0.0497. The number of amides is 1. The summed E-state index contributed by atoms with van der Waals surface area (Å²) < 4.78 is 0. The quantitative estimate of drug-likeness (QED) is 0.737. The summed E-state index contributed by atoms with van der Waals surface area (Å²) in [5.41, 5.74) is 1.10. The molecule has 0 aliphatic heterocycles. The second-order valence-corrected chi connectivity index (χ2v) is 4.84. The van der Waals surface area contributed by atoms with E-state index in [1.165, 1.54) is 0 Å². The van der Waals surface area contributed by atoms with Crippen molar-refractivity contribution in [1.82, 2.24) is 4.90 Å². The van der Waals surface area contributed by atoms with E-state index in [0.717, 1.165) is 5.56 Å². The van der Waals surface area contributed by atoms with Crippen molar-refractivity contribution < 1.29 is 9.59 Å². The summed E-state index contributed by atoms with van der Waals surface area (Å²) in [5, 5.41) is 0. The average molecular weight is 259 g/mol. The molecule has 0 aliphatic rings. The lowest BCUT2D eigenvalue weighted by atomic mass is 9.93. The van der Waals surface area contributed by atoms with E-state index in [-0.39, 0.29) is 17.6 Å². The number of hydrogen-bond acceptors (Lipinski definition) is 2. The van der Waals surface area contributed by atoms with Crippen LogP contribution in [0.3, 0.4) is 0 Å². The second-order valence-electron chi connectivity index (χ2n) is 4.84. The SMILES string of the molecule is CC(=O)CC(/C=C/CC(=O)N(C)C)c1ccccc1. The number of rotatable bonds is 6.